The van der Waals surface area contributed by atoms with Crippen molar-refractivity contribution >= 4 is 46.2 Å². The van der Waals surface area contributed by atoms with E-state index in [4.69, 9.17) is 0 Å². The second-order valence-electron chi connectivity index (χ2n) is 7.84. The number of hydrogen-bond acceptors (Lipinski definition) is 6. The summed E-state index contributed by atoms with van der Waals surface area (Å²) in [5.41, 5.74) is 1.69. The molecule has 1 aromatic carbocycles. The first-order chi connectivity index (χ1) is 15.5. The van der Waals surface area contributed by atoms with Crippen LogP contribution in [0.2, 0.25) is 0 Å². The summed E-state index contributed by atoms with van der Waals surface area (Å²) in [4.78, 5) is 47.9. The molecule has 2 aromatic rings. The molecule has 2 N–H and O–H groups in total. The molecule has 8 nitrogen and oxygen atoms in total. The molecule has 166 valence electrons. The number of carbonyl (C=O) groups is 3. The van der Waals surface area contributed by atoms with Crippen LogP contribution < -0.4 is 10.6 Å². The molecule has 3 amide bonds. The zero-order valence-electron chi connectivity index (χ0n) is 17.8. The quantitative estimate of drug-likeness (QED) is 0.722. The number of amides is 3. The van der Waals surface area contributed by atoms with Crippen LogP contribution in [0.15, 0.2) is 47.5 Å². The number of benzene rings is 1. The lowest BCUT2D eigenvalue weighted by molar-refractivity contribution is -0.121. The van der Waals surface area contributed by atoms with Crippen LogP contribution in [0.1, 0.15) is 41.7 Å². The number of carbonyl (C=O) groups excluding carboxylic acids is 3. The summed E-state index contributed by atoms with van der Waals surface area (Å²) in [7, 11) is 0. The van der Waals surface area contributed by atoms with Gasteiger partial charge in [-0.2, -0.15) is 4.99 Å². The maximum atomic E-state index is 12.6. The highest BCUT2D eigenvalue weighted by Gasteiger charge is 2.33. The van der Waals surface area contributed by atoms with Crippen LogP contribution in [0.4, 0.5) is 11.5 Å². The molecule has 0 saturated carbocycles. The monoisotopic (exact) mass is 451 g/mol. The molecule has 32 heavy (non-hydrogen) atoms. The van der Waals surface area contributed by atoms with Crippen molar-refractivity contribution in [3.05, 3.63) is 53.7 Å². The van der Waals surface area contributed by atoms with Gasteiger partial charge in [0.2, 0.25) is 5.91 Å². The van der Waals surface area contributed by atoms with Crippen LogP contribution in [0.3, 0.4) is 0 Å². The molecule has 4 rings (SSSR count). The van der Waals surface area contributed by atoms with Gasteiger partial charge in [-0.15, -0.1) is 0 Å². The molecule has 1 atom stereocenters. The van der Waals surface area contributed by atoms with Crippen LogP contribution >= 0.6 is 11.8 Å². The average Bonchev–Trinajstić information content (AvgIpc) is 3.14. The summed E-state index contributed by atoms with van der Waals surface area (Å²) < 4.78 is 0. The number of pyridine rings is 1. The second-order valence-corrected chi connectivity index (χ2v) is 9.01. The molecule has 1 saturated heterocycles. The average molecular weight is 452 g/mol. The maximum absolute atomic E-state index is 12.6. The summed E-state index contributed by atoms with van der Waals surface area (Å²) in [6.45, 7) is 3.66. The van der Waals surface area contributed by atoms with E-state index in [1.807, 2.05) is 19.1 Å². The summed E-state index contributed by atoms with van der Waals surface area (Å²) in [5.74, 6) is -0.403. The number of nitrogens with zero attached hydrogens (tertiary/aromatic N) is 3. The molecule has 1 fully saturated rings. The Balaban J connectivity index is 1.33. The van der Waals surface area contributed by atoms with Crippen molar-refractivity contribution in [2.24, 2.45) is 4.99 Å². The van der Waals surface area contributed by atoms with Crippen LogP contribution in [-0.4, -0.2) is 51.1 Å². The van der Waals surface area contributed by atoms with Gasteiger partial charge in [-0.25, -0.2) is 4.98 Å². The molecule has 1 aromatic heterocycles. The first-order valence-corrected chi connectivity index (χ1v) is 11.5. The fourth-order valence-electron chi connectivity index (χ4n) is 3.65. The minimum atomic E-state index is -0.509. The fraction of sp³-hybridized carbons (Fsp3) is 0.348. The molecule has 0 spiro atoms. The van der Waals surface area contributed by atoms with E-state index in [1.54, 1.807) is 30.3 Å². The highest BCUT2D eigenvalue weighted by Crippen LogP contribution is 2.29. The van der Waals surface area contributed by atoms with Gasteiger partial charge >= 0.3 is 0 Å². The van der Waals surface area contributed by atoms with Crippen LogP contribution in [-0.2, 0) is 9.59 Å². The summed E-state index contributed by atoms with van der Waals surface area (Å²) in [5, 5.41) is 5.76. The molecule has 3 heterocycles. The van der Waals surface area contributed by atoms with Crippen LogP contribution in [0.25, 0.3) is 0 Å². The van der Waals surface area contributed by atoms with E-state index in [0.29, 0.717) is 17.1 Å². The lowest BCUT2D eigenvalue weighted by Gasteiger charge is -2.27. The molecule has 9 heteroatoms. The fourth-order valence-corrected chi connectivity index (χ4v) is 4.77. The first kappa shape index (κ1) is 22.0. The third kappa shape index (κ3) is 5.53. The van der Waals surface area contributed by atoms with Gasteiger partial charge < -0.3 is 15.5 Å². The number of amidine groups is 1. The van der Waals surface area contributed by atoms with E-state index in [9.17, 15) is 14.4 Å². The van der Waals surface area contributed by atoms with Crippen molar-refractivity contribution in [3.63, 3.8) is 0 Å². The normalized spacial score (nSPS) is 18.3. The number of aryl methyl sites for hydroxylation is 1. The third-order valence-electron chi connectivity index (χ3n) is 5.26. The van der Waals surface area contributed by atoms with Crippen LogP contribution in [0.5, 0.6) is 0 Å². The van der Waals surface area contributed by atoms with E-state index in [2.05, 4.69) is 25.5 Å². The number of thioether (sulfide) groups is 1. The van der Waals surface area contributed by atoms with E-state index >= 15 is 0 Å². The van der Waals surface area contributed by atoms with Crippen molar-refractivity contribution in [1.29, 1.82) is 0 Å². The Morgan fingerprint density at radius 2 is 1.88 bits per heavy atom. The number of likely N-dealkylation sites (tertiary alicyclic amines) is 1. The van der Waals surface area contributed by atoms with Crippen molar-refractivity contribution in [2.75, 3.05) is 23.7 Å². The molecular formula is C23H25N5O3S. The molecule has 0 bridgehead atoms. The largest absolute Gasteiger partial charge is 0.351 e. The smallest absolute Gasteiger partial charge is 0.262 e. The highest BCUT2D eigenvalue weighted by molar-refractivity contribution is 8.15. The van der Waals surface area contributed by atoms with Gasteiger partial charge in [-0.05, 0) is 56.5 Å². The van der Waals surface area contributed by atoms with Gasteiger partial charge in [0.25, 0.3) is 11.8 Å². The van der Waals surface area contributed by atoms with E-state index in [1.165, 1.54) is 18.2 Å². The number of nitrogens with one attached hydrogen (secondary N) is 2. The number of piperidine rings is 1. The Morgan fingerprint density at radius 3 is 2.66 bits per heavy atom. The van der Waals surface area contributed by atoms with E-state index in [-0.39, 0.29) is 24.1 Å². The Morgan fingerprint density at radius 1 is 1.09 bits per heavy atom. The molecule has 0 radical (unpaired) electrons. The van der Waals surface area contributed by atoms with E-state index in [0.717, 1.165) is 36.8 Å². The summed E-state index contributed by atoms with van der Waals surface area (Å²) in [6, 6.07) is 12.0. The van der Waals surface area contributed by atoms with Gasteiger partial charge in [-0.3, -0.25) is 14.4 Å². The Hall–Kier alpha value is -3.20. The van der Waals surface area contributed by atoms with Gasteiger partial charge in [0.1, 0.15) is 11.1 Å². The van der Waals surface area contributed by atoms with Gasteiger partial charge in [-0.1, -0.05) is 23.9 Å². The molecule has 2 aliphatic heterocycles. The molecular weight excluding hydrogens is 426 g/mol. The van der Waals surface area contributed by atoms with Gasteiger partial charge in [0.05, 0.1) is 0 Å². The molecule has 2 aliphatic rings. The predicted molar refractivity (Wildman–Crippen MR) is 126 cm³/mol. The Kier molecular flexibility index (Phi) is 6.84. The zero-order valence-corrected chi connectivity index (χ0v) is 18.7. The molecule has 0 aliphatic carbocycles. The minimum absolute atomic E-state index is 0.0357. The second kappa shape index (κ2) is 9.95. The predicted octanol–water partition coefficient (Wildman–Crippen LogP) is 3.45. The summed E-state index contributed by atoms with van der Waals surface area (Å²) in [6.07, 6.45) is 3.44. The van der Waals surface area contributed by atoms with Crippen molar-refractivity contribution in [2.45, 2.75) is 37.9 Å². The number of anilines is 2. The third-order valence-corrected chi connectivity index (χ3v) is 6.48. The first-order valence-electron chi connectivity index (χ1n) is 10.7. The lowest BCUT2D eigenvalue weighted by Crippen LogP contribution is -2.33. The maximum Gasteiger partial charge on any atom is 0.262 e. The number of hydrogen-bond donors (Lipinski definition) is 2. The van der Waals surface area contributed by atoms with Crippen molar-refractivity contribution in [1.82, 2.24) is 9.88 Å². The SMILES string of the molecule is Cc1cccc(NC(=O)c2cccc(NC(=O)CC3SC(N4CCCCC4)=NC3=O)c2)n1. The topological polar surface area (TPSA) is 104 Å². The van der Waals surface area contributed by atoms with Gasteiger partial charge in [0, 0.05) is 36.5 Å². The highest BCUT2D eigenvalue weighted by atomic mass is 32.2. The lowest BCUT2D eigenvalue weighted by atomic mass is 10.1. The number of rotatable bonds is 5. The van der Waals surface area contributed by atoms with Crippen LogP contribution in [0, 0.1) is 6.92 Å². The Bertz CT molecular complexity index is 1070. The van der Waals surface area contributed by atoms with E-state index < -0.39 is 5.25 Å². The van der Waals surface area contributed by atoms with Crippen molar-refractivity contribution in [3.8, 4) is 0 Å². The number of aliphatic imine (C=N–C) groups is 1. The zero-order chi connectivity index (χ0) is 22.5. The standard InChI is InChI=1S/C23H25N5O3S/c1-15-7-5-10-19(24-15)26-21(30)16-8-6-9-17(13-16)25-20(29)14-18-22(31)27-23(32-18)28-11-3-2-4-12-28/h5-10,13,18H,2-4,11-12,14H2,1H3,(H,25,29)(H,24,26,30). The van der Waals surface area contributed by atoms with Gasteiger partial charge in [0.15, 0.2) is 5.17 Å². The number of aromatic nitrogens is 1. The van der Waals surface area contributed by atoms with Crippen molar-refractivity contribution < 1.29 is 14.4 Å². The summed E-state index contributed by atoms with van der Waals surface area (Å²) >= 11 is 1.37. The Labute approximate surface area is 190 Å². The minimum Gasteiger partial charge on any atom is -0.351 e. The molecule has 1 unspecified atom stereocenters.